The van der Waals surface area contributed by atoms with Gasteiger partial charge in [-0.15, -0.1) is 11.3 Å². The number of furan rings is 1. The summed E-state index contributed by atoms with van der Waals surface area (Å²) in [4.78, 5) is 12.8. The molecule has 3 aromatic rings. The zero-order chi connectivity index (χ0) is 14.7. The number of hydrogen-bond acceptors (Lipinski definition) is 5. The predicted molar refractivity (Wildman–Crippen MR) is 82.7 cm³/mol. The summed E-state index contributed by atoms with van der Waals surface area (Å²) in [5.41, 5.74) is -0.767. The first-order valence-corrected chi connectivity index (χ1v) is 8.13. The molecule has 1 unspecified atom stereocenters. The molecule has 3 rings (SSSR count). The van der Waals surface area contributed by atoms with Crippen LogP contribution >= 0.6 is 22.7 Å². The van der Waals surface area contributed by atoms with Crippen molar-refractivity contribution < 1.29 is 14.3 Å². The van der Waals surface area contributed by atoms with E-state index in [0.717, 1.165) is 4.88 Å². The molecule has 0 aliphatic heterocycles. The normalized spacial score (nSPS) is 13.8. The molecule has 4 nitrogen and oxygen atoms in total. The van der Waals surface area contributed by atoms with E-state index in [1.165, 1.54) is 28.9 Å². The van der Waals surface area contributed by atoms with Crippen LogP contribution in [0.25, 0.3) is 0 Å². The Morgan fingerprint density at radius 1 is 1.29 bits per heavy atom. The maximum atomic E-state index is 12.0. The van der Waals surface area contributed by atoms with Gasteiger partial charge >= 0.3 is 0 Å². The maximum absolute atomic E-state index is 12.0. The van der Waals surface area contributed by atoms with Gasteiger partial charge in [-0.05, 0) is 35.0 Å². The van der Waals surface area contributed by atoms with Crippen molar-refractivity contribution in [2.45, 2.75) is 5.60 Å². The number of aliphatic hydroxyl groups is 1. The van der Waals surface area contributed by atoms with Gasteiger partial charge in [-0.25, -0.2) is 0 Å². The largest absolute Gasteiger partial charge is 0.466 e. The molecular formula is C15H13NO3S2. The minimum Gasteiger partial charge on any atom is -0.466 e. The third-order valence-corrected chi connectivity index (χ3v) is 4.85. The summed E-state index contributed by atoms with van der Waals surface area (Å²) in [5.74, 6) is 0.202. The molecule has 0 fully saturated rings. The van der Waals surface area contributed by atoms with Crippen molar-refractivity contribution >= 4 is 28.6 Å². The van der Waals surface area contributed by atoms with Crippen molar-refractivity contribution in [1.82, 2.24) is 5.32 Å². The van der Waals surface area contributed by atoms with Gasteiger partial charge in [0, 0.05) is 15.8 Å². The highest BCUT2D eigenvalue weighted by atomic mass is 32.1. The molecule has 0 aliphatic carbocycles. The number of rotatable bonds is 5. The van der Waals surface area contributed by atoms with E-state index in [1.54, 1.807) is 23.6 Å². The van der Waals surface area contributed by atoms with Crippen molar-refractivity contribution in [3.05, 3.63) is 68.9 Å². The third kappa shape index (κ3) is 2.78. The Morgan fingerprint density at radius 3 is 2.81 bits per heavy atom. The molecule has 0 saturated heterocycles. The molecule has 0 aliphatic rings. The zero-order valence-corrected chi connectivity index (χ0v) is 12.6. The Kier molecular flexibility index (Phi) is 3.92. The summed E-state index contributed by atoms with van der Waals surface area (Å²) in [6, 6.07) is 8.85. The van der Waals surface area contributed by atoms with Crippen LogP contribution in [-0.2, 0) is 5.60 Å². The average Bonchev–Trinajstić information content (AvgIpc) is 3.27. The molecule has 108 valence electrons. The van der Waals surface area contributed by atoms with E-state index in [1.807, 2.05) is 22.9 Å². The lowest BCUT2D eigenvalue weighted by Crippen LogP contribution is -2.40. The molecule has 0 radical (unpaired) electrons. The van der Waals surface area contributed by atoms with E-state index in [4.69, 9.17) is 4.42 Å². The number of thiophene rings is 2. The SMILES string of the molecule is O=C(NCC(O)(c1ccco1)c1cccs1)c1ccsc1. The summed E-state index contributed by atoms with van der Waals surface area (Å²) in [6.45, 7) is 0.0513. The maximum Gasteiger partial charge on any atom is 0.252 e. The van der Waals surface area contributed by atoms with Crippen molar-refractivity contribution in [3.63, 3.8) is 0 Å². The molecule has 2 N–H and O–H groups in total. The van der Waals surface area contributed by atoms with Crippen LogP contribution in [0.3, 0.4) is 0 Å². The zero-order valence-electron chi connectivity index (χ0n) is 11.0. The number of nitrogens with one attached hydrogen (secondary N) is 1. The molecular weight excluding hydrogens is 306 g/mol. The van der Waals surface area contributed by atoms with Crippen molar-refractivity contribution in [2.24, 2.45) is 0 Å². The second-order valence-electron chi connectivity index (χ2n) is 4.51. The minimum atomic E-state index is -1.36. The van der Waals surface area contributed by atoms with E-state index in [9.17, 15) is 9.90 Å². The quantitative estimate of drug-likeness (QED) is 0.760. The Bertz CT molecular complexity index is 653. The van der Waals surface area contributed by atoms with Gasteiger partial charge < -0.3 is 14.8 Å². The van der Waals surface area contributed by atoms with Crippen LogP contribution in [-0.4, -0.2) is 17.6 Å². The van der Waals surface area contributed by atoms with Crippen LogP contribution in [0.4, 0.5) is 0 Å². The third-order valence-electron chi connectivity index (χ3n) is 3.15. The Labute approximate surface area is 129 Å². The van der Waals surface area contributed by atoms with Gasteiger partial charge in [0.15, 0.2) is 5.60 Å². The standard InChI is InChI=1S/C15H13NO3S2/c17-14(11-5-8-20-9-11)16-10-15(18,12-3-1-6-19-12)13-4-2-7-21-13/h1-9,18H,10H2,(H,16,17). The first-order chi connectivity index (χ1) is 10.2. The van der Waals surface area contributed by atoms with Gasteiger partial charge in [0.25, 0.3) is 5.91 Å². The van der Waals surface area contributed by atoms with Crippen LogP contribution in [0.1, 0.15) is 21.0 Å². The molecule has 0 bridgehead atoms. The number of carbonyl (C=O) groups excluding carboxylic acids is 1. The Hall–Kier alpha value is -1.89. The summed E-state index contributed by atoms with van der Waals surface area (Å²) in [5, 5.41) is 19.2. The smallest absolute Gasteiger partial charge is 0.252 e. The van der Waals surface area contributed by atoms with E-state index in [2.05, 4.69) is 5.32 Å². The van der Waals surface area contributed by atoms with Crippen LogP contribution < -0.4 is 5.32 Å². The predicted octanol–water partition coefficient (Wildman–Crippen LogP) is 3.07. The van der Waals surface area contributed by atoms with E-state index >= 15 is 0 Å². The molecule has 0 saturated carbocycles. The van der Waals surface area contributed by atoms with Crippen molar-refractivity contribution in [1.29, 1.82) is 0 Å². The number of hydrogen-bond donors (Lipinski definition) is 2. The van der Waals surface area contributed by atoms with E-state index in [0.29, 0.717) is 11.3 Å². The second-order valence-corrected chi connectivity index (χ2v) is 6.24. The van der Waals surface area contributed by atoms with Crippen LogP contribution in [0, 0.1) is 0 Å². The topological polar surface area (TPSA) is 62.5 Å². The summed E-state index contributed by atoms with van der Waals surface area (Å²) < 4.78 is 5.35. The highest BCUT2D eigenvalue weighted by Gasteiger charge is 2.36. The molecule has 1 atom stereocenters. The monoisotopic (exact) mass is 319 g/mol. The average molecular weight is 319 g/mol. The van der Waals surface area contributed by atoms with Gasteiger partial charge in [-0.3, -0.25) is 4.79 Å². The lowest BCUT2D eigenvalue weighted by Gasteiger charge is -2.25. The fraction of sp³-hybridized carbons (Fsp3) is 0.133. The molecule has 0 aromatic carbocycles. The van der Waals surface area contributed by atoms with Crippen molar-refractivity contribution in [2.75, 3.05) is 6.54 Å². The van der Waals surface area contributed by atoms with Crippen LogP contribution in [0.2, 0.25) is 0 Å². The van der Waals surface area contributed by atoms with E-state index in [-0.39, 0.29) is 12.5 Å². The second kappa shape index (κ2) is 5.85. The lowest BCUT2D eigenvalue weighted by atomic mass is 9.98. The van der Waals surface area contributed by atoms with Gasteiger partial charge in [0.1, 0.15) is 5.76 Å². The number of carbonyl (C=O) groups is 1. The van der Waals surface area contributed by atoms with Crippen LogP contribution in [0.5, 0.6) is 0 Å². The first kappa shape index (κ1) is 14.1. The fourth-order valence-electron chi connectivity index (χ4n) is 2.03. The van der Waals surface area contributed by atoms with Crippen LogP contribution in [0.15, 0.2) is 57.2 Å². The molecule has 3 heterocycles. The summed E-state index contributed by atoms with van der Waals surface area (Å²) in [7, 11) is 0. The van der Waals surface area contributed by atoms with Gasteiger partial charge in [-0.2, -0.15) is 11.3 Å². The van der Waals surface area contributed by atoms with Crippen molar-refractivity contribution in [3.8, 4) is 0 Å². The summed E-state index contributed by atoms with van der Waals surface area (Å²) >= 11 is 2.88. The van der Waals surface area contributed by atoms with Gasteiger partial charge in [-0.1, -0.05) is 6.07 Å². The fourth-order valence-corrected chi connectivity index (χ4v) is 3.49. The lowest BCUT2D eigenvalue weighted by molar-refractivity contribution is 0.0554. The number of amides is 1. The molecule has 6 heteroatoms. The van der Waals surface area contributed by atoms with Gasteiger partial charge in [0.05, 0.1) is 12.8 Å². The van der Waals surface area contributed by atoms with Gasteiger partial charge in [0.2, 0.25) is 0 Å². The minimum absolute atomic E-state index is 0.0513. The Balaban J connectivity index is 1.83. The molecule has 1 amide bonds. The summed E-state index contributed by atoms with van der Waals surface area (Å²) in [6.07, 6.45) is 1.51. The molecule has 0 spiro atoms. The Morgan fingerprint density at radius 2 is 2.19 bits per heavy atom. The molecule has 21 heavy (non-hydrogen) atoms. The molecule has 3 aromatic heterocycles. The first-order valence-electron chi connectivity index (χ1n) is 6.31. The highest BCUT2D eigenvalue weighted by Crippen LogP contribution is 2.32. The van der Waals surface area contributed by atoms with E-state index < -0.39 is 5.60 Å². The highest BCUT2D eigenvalue weighted by molar-refractivity contribution is 7.10.